The summed E-state index contributed by atoms with van der Waals surface area (Å²) in [5.41, 5.74) is 14.6. The van der Waals surface area contributed by atoms with Crippen molar-refractivity contribution >= 4 is 23.0 Å². The standard InChI is InChI=1S/C35H34F3N5O/c36-35(37,38)32(40)20-31(42-29-10-4-6-24(18-29)21-39)34(44)43-30-11-5-9-28(19-30)33(41-22-23-12-13-23)27-16-14-26(15-17-27)25-7-2-1-3-8-25/h1-11,14-20,23,33,41H,12-13,21-22,39-40H2,(H,43,44)/b32-20-,42-31?. The molecule has 0 saturated heterocycles. The molecule has 1 amide bonds. The first kappa shape index (κ1) is 30.7. The van der Waals surface area contributed by atoms with Crippen LogP contribution in [0.2, 0.25) is 0 Å². The van der Waals surface area contributed by atoms with Gasteiger partial charge in [0.25, 0.3) is 5.91 Å². The van der Waals surface area contributed by atoms with Crippen LogP contribution in [0.3, 0.4) is 0 Å². The van der Waals surface area contributed by atoms with Gasteiger partial charge < -0.3 is 22.1 Å². The van der Waals surface area contributed by atoms with Gasteiger partial charge in [-0.2, -0.15) is 13.2 Å². The molecule has 226 valence electrons. The van der Waals surface area contributed by atoms with E-state index < -0.39 is 23.5 Å². The van der Waals surface area contributed by atoms with Crippen LogP contribution in [0.4, 0.5) is 24.5 Å². The van der Waals surface area contributed by atoms with Gasteiger partial charge in [-0.05, 0) is 83.5 Å². The maximum atomic E-state index is 13.3. The number of halogens is 3. The zero-order valence-corrected chi connectivity index (χ0v) is 24.0. The summed E-state index contributed by atoms with van der Waals surface area (Å²) < 4.78 is 39.9. The Balaban J connectivity index is 1.42. The SMILES string of the molecule is NCc1cccc(N=C(/C=C(\N)C(F)(F)F)C(=O)Nc2cccc(C(NCC3CC3)c3ccc(-c4ccccc4)cc3)c2)c1. The Bertz CT molecular complexity index is 1650. The van der Waals surface area contributed by atoms with Crippen molar-refractivity contribution in [3.05, 3.63) is 132 Å². The van der Waals surface area contributed by atoms with E-state index in [9.17, 15) is 18.0 Å². The van der Waals surface area contributed by atoms with Crippen molar-refractivity contribution in [1.82, 2.24) is 5.32 Å². The molecule has 4 aromatic carbocycles. The largest absolute Gasteiger partial charge is 0.430 e. The molecule has 1 saturated carbocycles. The molecule has 44 heavy (non-hydrogen) atoms. The van der Waals surface area contributed by atoms with Crippen LogP contribution in [0.15, 0.2) is 120 Å². The van der Waals surface area contributed by atoms with Gasteiger partial charge in [-0.25, -0.2) is 4.99 Å². The fraction of sp³-hybridized carbons (Fsp3) is 0.200. The zero-order valence-electron chi connectivity index (χ0n) is 24.0. The molecule has 1 fully saturated rings. The molecule has 0 spiro atoms. The minimum Gasteiger partial charge on any atom is -0.395 e. The molecular weight excluding hydrogens is 563 g/mol. The Labute approximate surface area is 254 Å². The van der Waals surface area contributed by atoms with E-state index >= 15 is 0 Å². The Morgan fingerprint density at radius 3 is 2.27 bits per heavy atom. The van der Waals surface area contributed by atoms with Crippen molar-refractivity contribution in [3.8, 4) is 11.1 Å². The van der Waals surface area contributed by atoms with Crippen LogP contribution in [0.25, 0.3) is 11.1 Å². The van der Waals surface area contributed by atoms with Crippen LogP contribution in [0.1, 0.15) is 35.6 Å². The monoisotopic (exact) mass is 597 g/mol. The smallest absolute Gasteiger partial charge is 0.395 e. The lowest BCUT2D eigenvalue weighted by atomic mass is 9.95. The normalized spacial score (nSPS) is 14.7. The van der Waals surface area contributed by atoms with Gasteiger partial charge in [0.1, 0.15) is 11.4 Å². The minimum atomic E-state index is -4.82. The Morgan fingerprint density at radius 1 is 0.886 bits per heavy atom. The number of alkyl halides is 3. The van der Waals surface area contributed by atoms with Crippen LogP contribution < -0.4 is 22.1 Å². The highest BCUT2D eigenvalue weighted by Crippen LogP contribution is 2.32. The summed E-state index contributed by atoms with van der Waals surface area (Å²) in [6, 6.07) is 32.2. The predicted octanol–water partition coefficient (Wildman–Crippen LogP) is 7.02. The van der Waals surface area contributed by atoms with Crippen molar-refractivity contribution in [3.63, 3.8) is 0 Å². The number of hydrogen-bond acceptors (Lipinski definition) is 5. The fourth-order valence-electron chi connectivity index (χ4n) is 4.79. The van der Waals surface area contributed by atoms with Crippen molar-refractivity contribution in [1.29, 1.82) is 0 Å². The molecule has 4 aromatic rings. The van der Waals surface area contributed by atoms with E-state index in [1.165, 1.54) is 12.8 Å². The van der Waals surface area contributed by atoms with Crippen molar-refractivity contribution in [2.75, 3.05) is 11.9 Å². The number of carbonyl (C=O) groups excluding carboxylic acids is 1. The maximum Gasteiger partial charge on any atom is 0.430 e. The second-order valence-electron chi connectivity index (χ2n) is 10.8. The second kappa shape index (κ2) is 13.7. The number of rotatable bonds is 11. The number of hydrogen-bond donors (Lipinski definition) is 4. The van der Waals surface area contributed by atoms with E-state index in [1.54, 1.807) is 36.4 Å². The van der Waals surface area contributed by atoms with Crippen LogP contribution in [0.5, 0.6) is 0 Å². The molecule has 1 atom stereocenters. The molecule has 0 aromatic heterocycles. The summed E-state index contributed by atoms with van der Waals surface area (Å²) in [5.74, 6) is -0.200. The van der Waals surface area contributed by atoms with Gasteiger partial charge in [0.05, 0.1) is 11.7 Å². The summed E-state index contributed by atoms with van der Waals surface area (Å²) in [6.07, 6.45) is -1.90. The van der Waals surface area contributed by atoms with Crippen molar-refractivity contribution in [2.45, 2.75) is 31.6 Å². The highest BCUT2D eigenvalue weighted by atomic mass is 19.4. The Morgan fingerprint density at radius 2 is 1.59 bits per heavy atom. The first-order chi connectivity index (χ1) is 21.2. The van der Waals surface area contributed by atoms with Gasteiger partial charge in [0, 0.05) is 12.2 Å². The first-order valence-corrected chi connectivity index (χ1v) is 14.4. The fourth-order valence-corrected chi connectivity index (χ4v) is 4.79. The van der Waals surface area contributed by atoms with Crippen molar-refractivity contribution < 1.29 is 18.0 Å². The van der Waals surface area contributed by atoms with E-state index in [0.717, 1.165) is 28.8 Å². The van der Waals surface area contributed by atoms with Crippen molar-refractivity contribution in [2.24, 2.45) is 22.4 Å². The summed E-state index contributed by atoms with van der Waals surface area (Å²) in [4.78, 5) is 17.5. The van der Waals surface area contributed by atoms with E-state index in [-0.39, 0.29) is 18.3 Å². The van der Waals surface area contributed by atoms with Gasteiger partial charge in [-0.15, -0.1) is 0 Å². The molecule has 5 rings (SSSR count). The number of aliphatic imine (C=N–C) groups is 1. The number of nitrogens with two attached hydrogens (primary N) is 2. The summed E-state index contributed by atoms with van der Waals surface area (Å²) >= 11 is 0. The highest BCUT2D eigenvalue weighted by Gasteiger charge is 2.32. The number of allylic oxidation sites excluding steroid dienone is 1. The second-order valence-corrected chi connectivity index (χ2v) is 10.8. The molecule has 6 N–H and O–H groups in total. The van der Waals surface area contributed by atoms with Gasteiger partial charge in [0.2, 0.25) is 0 Å². The predicted molar refractivity (Wildman–Crippen MR) is 169 cm³/mol. The average Bonchev–Trinajstić information content (AvgIpc) is 3.86. The van der Waals surface area contributed by atoms with E-state index in [1.807, 2.05) is 30.3 Å². The molecule has 1 aliphatic rings. The first-order valence-electron chi connectivity index (χ1n) is 14.4. The maximum absolute atomic E-state index is 13.3. The number of benzene rings is 4. The quantitative estimate of drug-likeness (QED) is 0.140. The van der Waals surface area contributed by atoms with E-state index in [0.29, 0.717) is 23.2 Å². The number of anilines is 1. The zero-order chi connectivity index (χ0) is 31.1. The lowest BCUT2D eigenvalue weighted by Gasteiger charge is -2.21. The Kier molecular flexibility index (Phi) is 9.57. The molecule has 0 aliphatic heterocycles. The summed E-state index contributed by atoms with van der Waals surface area (Å²) in [7, 11) is 0. The molecule has 9 heteroatoms. The molecule has 1 aliphatic carbocycles. The minimum absolute atomic E-state index is 0.162. The molecular formula is C35H34F3N5O. The lowest BCUT2D eigenvalue weighted by molar-refractivity contribution is -0.110. The van der Waals surface area contributed by atoms with Gasteiger partial charge >= 0.3 is 6.18 Å². The highest BCUT2D eigenvalue weighted by molar-refractivity contribution is 6.47. The third kappa shape index (κ3) is 8.21. The number of nitrogens with one attached hydrogen (secondary N) is 2. The van der Waals surface area contributed by atoms with E-state index in [4.69, 9.17) is 11.5 Å². The number of amides is 1. The van der Waals surface area contributed by atoms with Gasteiger partial charge in [-0.1, -0.05) is 78.9 Å². The molecule has 0 heterocycles. The van der Waals surface area contributed by atoms with Gasteiger partial charge in [0.15, 0.2) is 0 Å². The third-order valence-electron chi connectivity index (χ3n) is 7.38. The molecule has 6 nitrogen and oxygen atoms in total. The average molecular weight is 598 g/mol. The third-order valence-corrected chi connectivity index (χ3v) is 7.38. The molecule has 0 radical (unpaired) electrons. The van der Waals surface area contributed by atoms with Crippen LogP contribution in [-0.2, 0) is 11.3 Å². The topological polar surface area (TPSA) is 106 Å². The summed E-state index contributed by atoms with van der Waals surface area (Å²) in [6.45, 7) is 1.06. The number of carbonyl (C=O) groups is 1. The van der Waals surface area contributed by atoms with Crippen LogP contribution in [0, 0.1) is 5.92 Å². The summed E-state index contributed by atoms with van der Waals surface area (Å²) in [5, 5.41) is 6.38. The van der Waals surface area contributed by atoms with Crippen LogP contribution in [-0.4, -0.2) is 24.3 Å². The lowest BCUT2D eigenvalue weighted by Crippen LogP contribution is -2.27. The molecule has 0 bridgehead atoms. The molecule has 1 unspecified atom stereocenters. The van der Waals surface area contributed by atoms with Crippen LogP contribution >= 0.6 is 0 Å². The Hall–Kier alpha value is -4.73. The van der Waals surface area contributed by atoms with E-state index in [2.05, 4.69) is 52.0 Å². The number of nitrogens with zero attached hydrogens (tertiary/aromatic N) is 1. The van der Waals surface area contributed by atoms with Gasteiger partial charge in [-0.3, -0.25) is 4.79 Å².